The van der Waals surface area contributed by atoms with Gasteiger partial charge in [-0.3, -0.25) is 9.69 Å². The lowest BCUT2D eigenvalue weighted by molar-refractivity contribution is -0.126. The first-order valence-corrected chi connectivity index (χ1v) is 5.45. The van der Waals surface area contributed by atoms with Gasteiger partial charge in [0, 0.05) is 5.92 Å². The van der Waals surface area contributed by atoms with E-state index in [1.165, 1.54) is 0 Å². The summed E-state index contributed by atoms with van der Waals surface area (Å²) in [6.45, 7) is 6.13. The van der Waals surface area contributed by atoms with Crippen molar-refractivity contribution in [2.75, 3.05) is 14.1 Å². The third-order valence-electron chi connectivity index (χ3n) is 2.56. The van der Waals surface area contributed by atoms with Crippen molar-refractivity contribution in [2.24, 2.45) is 5.92 Å². The van der Waals surface area contributed by atoms with E-state index in [2.05, 4.69) is 12.2 Å². The van der Waals surface area contributed by atoms with E-state index in [0.29, 0.717) is 0 Å². The minimum atomic E-state index is 0.117. The van der Waals surface area contributed by atoms with Crippen molar-refractivity contribution in [3.8, 4) is 0 Å². The van der Waals surface area contributed by atoms with Gasteiger partial charge in [0.25, 0.3) is 0 Å². The number of nitrogens with one attached hydrogen (secondary N) is 1. The molecule has 3 nitrogen and oxygen atoms in total. The Morgan fingerprint density at radius 1 is 1.36 bits per heavy atom. The average molecular weight is 200 g/mol. The first-order chi connectivity index (χ1) is 6.49. The summed E-state index contributed by atoms with van der Waals surface area (Å²) in [5.41, 5.74) is 0. The molecule has 0 aliphatic heterocycles. The average Bonchev–Trinajstić information content (AvgIpc) is 2.13. The maximum atomic E-state index is 11.6. The first-order valence-electron chi connectivity index (χ1n) is 5.45. The molecule has 0 aliphatic carbocycles. The summed E-state index contributed by atoms with van der Waals surface area (Å²) in [6, 6.07) is 0. The van der Waals surface area contributed by atoms with Gasteiger partial charge in [0.05, 0.1) is 6.17 Å². The van der Waals surface area contributed by atoms with E-state index in [-0.39, 0.29) is 18.0 Å². The van der Waals surface area contributed by atoms with E-state index < -0.39 is 0 Å². The Morgan fingerprint density at radius 3 is 2.36 bits per heavy atom. The molecule has 0 saturated carbocycles. The number of unbranched alkanes of at least 4 members (excludes halogenated alkanes) is 1. The molecule has 0 aromatic carbocycles. The van der Waals surface area contributed by atoms with E-state index in [1.807, 2.05) is 32.8 Å². The summed E-state index contributed by atoms with van der Waals surface area (Å²) in [7, 11) is 3.92. The molecule has 0 rings (SSSR count). The van der Waals surface area contributed by atoms with Crippen LogP contribution in [0, 0.1) is 5.92 Å². The number of nitrogens with zero attached hydrogens (tertiary/aromatic N) is 1. The second kappa shape index (κ2) is 6.82. The summed E-state index contributed by atoms with van der Waals surface area (Å²) in [5.74, 6) is 0.303. The summed E-state index contributed by atoms with van der Waals surface area (Å²) < 4.78 is 0. The molecular weight excluding hydrogens is 176 g/mol. The molecule has 0 fully saturated rings. The monoisotopic (exact) mass is 200 g/mol. The molecule has 1 amide bonds. The molecule has 0 bridgehead atoms. The number of carbonyl (C=O) groups is 1. The Bertz CT molecular complexity index is 169. The molecular formula is C11H24N2O. The summed E-state index contributed by atoms with van der Waals surface area (Å²) in [4.78, 5) is 13.6. The molecule has 0 radical (unpaired) electrons. The Morgan fingerprint density at radius 2 is 1.93 bits per heavy atom. The number of hydrogen-bond donors (Lipinski definition) is 1. The molecule has 2 unspecified atom stereocenters. The van der Waals surface area contributed by atoms with Gasteiger partial charge in [-0.05, 0) is 27.4 Å². The van der Waals surface area contributed by atoms with Gasteiger partial charge < -0.3 is 5.32 Å². The van der Waals surface area contributed by atoms with Crippen LogP contribution < -0.4 is 5.32 Å². The SMILES string of the molecule is CCCCC(C)C(=O)NC(C)N(C)C. The predicted molar refractivity (Wildman–Crippen MR) is 60.0 cm³/mol. The maximum Gasteiger partial charge on any atom is 0.224 e. The van der Waals surface area contributed by atoms with E-state index in [0.717, 1.165) is 19.3 Å². The molecule has 0 aromatic rings. The van der Waals surface area contributed by atoms with Crippen LogP contribution in [0.2, 0.25) is 0 Å². The van der Waals surface area contributed by atoms with E-state index >= 15 is 0 Å². The van der Waals surface area contributed by atoms with Gasteiger partial charge in [-0.25, -0.2) is 0 Å². The number of hydrogen-bond acceptors (Lipinski definition) is 2. The second-order valence-corrected chi connectivity index (χ2v) is 4.19. The lowest BCUT2D eigenvalue weighted by atomic mass is 10.0. The third-order valence-corrected chi connectivity index (χ3v) is 2.56. The minimum absolute atomic E-state index is 0.117. The zero-order valence-electron chi connectivity index (χ0n) is 10.1. The van der Waals surface area contributed by atoms with Crippen molar-refractivity contribution in [2.45, 2.75) is 46.2 Å². The second-order valence-electron chi connectivity index (χ2n) is 4.19. The summed E-state index contributed by atoms with van der Waals surface area (Å²) in [5, 5.41) is 2.97. The van der Waals surface area contributed by atoms with Crippen LogP contribution in [0.3, 0.4) is 0 Å². The fourth-order valence-electron chi connectivity index (χ4n) is 1.12. The zero-order valence-corrected chi connectivity index (χ0v) is 10.1. The van der Waals surface area contributed by atoms with E-state index in [9.17, 15) is 4.79 Å². The fourth-order valence-corrected chi connectivity index (χ4v) is 1.12. The molecule has 0 aliphatic rings. The van der Waals surface area contributed by atoms with Gasteiger partial charge in [-0.2, -0.15) is 0 Å². The van der Waals surface area contributed by atoms with Crippen molar-refractivity contribution < 1.29 is 4.79 Å². The third kappa shape index (κ3) is 5.22. The molecule has 3 heteroatoms. The Kier molecular flexibility index (Phi) is 6.54. The molecule has 1 N–H and O–H groups in total. The largest absolute Gasteiger partial charge is 0.341 e. The quantitative estimate of drug-likeness (QED) is 0.663. The van der Waals surface area contributed by atoms with Gasteiger partial charge in [-0.1, -0.05) is 26.7 Å². The van der Waals surface area contributed by atoms with Crippen LogP contribution in [-0.2, 0) is 4.79 Å². The highest BCUT2D eigenvalue weighted by Crippen LogP contribution is 2.07. The maximum absolute atomic E-state index is 11.6. The number of amides is 1. The van der Waals surface area contributed by atoms with Crippen molar-refractivity contribution >= 4 is 5.91 Å². The van der Waals surface area contributed by atoms with Crippen molar-refractivity contribution in [1.82, 2.24) is 10.2 Å². The molecule has 2 atom stereocenters. The van der Waals surface area contributed by atoms with Crippen LogP contribution in [0.1, 0.15) is 40.0 Å². The van der Waals surface area contributed by atoms with E-state index in [1.54, 1.807) is 0 Å². The smallest absolute Gasteiger partial charge is 0.224 e. The first kappa shape index (κ1) is 13.4. The highest BCUT2D eigenvalue weighted by atomic mass is 16.2. The summed E-state index contributed by atoms with van der Waals surface area (Å²) >= 11 is 0. The van der Waals surface area contributed by atoms with Crippen LogP contribution in [0.5, 0.6) is 0 Å². The normalized spacial score (nSPS) is 15.3. The summed E-state index contributed by atoms with van der Waals surface area (Å²) in [6.07, 6.45) is 3.39. The molecule has 0 heterocycles. The standard InChI is InChI=1S/C11H24N2O/c1-6-7-8-9(2)11(14)12-10(3)13(4)5/h9-10H,6-8H2,1-5H3,(H,12,14). The molecule has 0 spiro atoms. The van der Waals surface area contributed by atoms with Gasteiger partial charge in [0.1, 0.15) is 0 Å². The van der Waals surface area contributed by atoms with Crippen molar-refractivity contribution in [3.05, 3.63) is 0 Å². The minimum Gasteiger partial charge on any atom is -0.341 e. The number of rotatable bonds is 6. The Labute approximate surface area is 87.9 Å². The topological polar surface area (TPSA) is 32.3 Å². The van der Waals surface area contributed by atoms with E-state index in [4.69, 9.17) is 0 Å². The van der Waals surface area contributed by atoms with Crippen LogP contribution in [0.25, 0.3) is 0 Å². The van der Waals surface area contributed by atoms with Gasteiger partial charge in [0.15, 0.2) is 0 Å². The van der Waals surface area contributed by atoms with Gasteiger partial charge in [-0.15, -0.1) is 0 Å². The van der Waals surface area contributed by atoms with Crippen LogP contribution >= 0.6 is 0 Å². The molecule has 0 saturated heterocycles. The highest BCUT2D eigenvalue weighted by molar-refractivity contribution is 5.78. The van der Waals surface area contributed by atoms with Crippen molar-refractivity contribution in [3.63, 3.8) is 0 Å². The lowest BCUT2D eigenvalue weighted by Gasteiger charge is -2.23. The lowest BCUT2D eigenvalue weighted by Crippen LogP contribution is -2.44. The van der Waals surface area contributed by atoms with Crippen LogP contribution in [0.4, 0.5) is 0 Å². The predicted octanol–water partition coefficient (Wildman–Crippen LogP) is 1.84. The van der Waals surface area contributed by atoms with Crippen LogP contribution in [0.15, 0.2) is 0 Å². The number of carbonyl (C=O) groups excluding carboxylic acids is 1. The van der Waals surface area contributed by atoms with Gasteiger partial charge >= 0.3 is 0 Å². The van der Waals surface area contributed by atoms with Crippen molar-refractivity contribution in [1.29, 1.82) is 0 Å². The fraction of sp³-hybridized carbons (Fsp3) is 0.909. The van der Waals surface area contributed by atoms with Gasteiger partial charge in [0.2, 0.25) is 5.91 Å². The molecule has 14 heavy (non-hydrogen) atoms. The van der Waals surface area contributed by atoms with Crippen LogP contribution in [-0.4, -0.2) is 31.1 Å². The highest BCUT2D eigenvalue weighted by Gasteiger charge is 2.15. The zero-order chi connectivity index (χ0) is 11.1. The Balaban J connectivity index is 3.82. The molecule has 84 valence electrons. The Hall–Kier alpha value is -0.570. The molecule has 0 aromatic heterocycles.